The summed E-state index contributed by atoms with van der Waals surface area (Å²) in [4.78, 5) is 25.4. The fraction of sp³-hybridized carbons (Fsp3) is 0.348. The summed E-state index contributed by atoms with van der Waals surface area (Å²) in [7, 11) is 0. The van der Waals surface area contributed by atoms with Gasteiger partial charge in [0.15, 0.2) is 0 Å². The lowest BCUT2D eigenvalue weighted by Crippen LogP contribution is -2.38. The van der Waals surface area contributed by atoms with Crippen molar-refractivity contribution in [3.63, 3.8) is 0 Å². The van der Waals surface area contributed by atoms with Gasteiger partial charge in [-0.3, -0.25) is 4.79 Å². The van der Waals surface area contributed by atoms with E-state index in [2.05, 4.69) is 22.2 Å². The number of nitrogens with zero attached hydrogens (tertiary/aromatic N) is 3. The molecule has 3 heterocycles. The molecule has 1 aliphatic heterocycles. The molecule has 6 nitrogen and oxygen atoms in total. The van der Waals surface area contributed by atoms with Gasteiger partial charge in [0.05, 0.1) is 21.6 Å². The highest BCUT2D eigenvalue weighted by Gasteiger charge is 2.23. The number of hydrogen-bond acceptors (Lipinski definition) is 6. The van der Waals surface area contributed by atoms with Crippen LogP contribution < -0.4 is 5.32 Å². The summed E-state index contributed by atoms with van der Waals surface area (Å²) < 4.78 is 0. The molecule has 2 N–H and O–H groups in total. The van der Waals surface area contributed by atoms with Crippen LogP contribution >= 0.6 is 11.3 Å². The Hall–Kier alpha value is -2.77. The number of rotatable bonds is 5. The zero-order chi connectivity index (χ0) is 21.1. The maximum atomic E-state index is 12.9. The van der Waals surface area contributed by atoms with Crippen molar-refractivity contribution in [1.29, 1.82) is 0 Å². The van der Waals surface area contributed by atoms with E-state index in [-0.39, 0.29) is 5.91 Å². The number of hydrogen-bond donors (Lipinski definition) is 2. The van der Waals surface area contributed by atoms with Crippen LogP contribution in [-0.4, -0.2) is 39.0 Å². The molecule has 30 heavy (non-hydrogen) atoms. The predicted octanol–water partition coefficient (Wildman–Crippen LogP) is 4.87. The lowest BCUT2D eigenvalue weighted by atomic mass is 10.0. The second-order valence-corrected chi connectivity index (χ2v) is 8.94. The number of aliphatic hydroxyl groups excluding tert-OH is 1. The van der Waals surface area contributed by atoms with Gasteiger partial charge >= 0.3 is 0 Å². The van der Waals surface area contributed by atoms with E-state index in [9.17, 15) is 9.90 Å². The first-order chi connectivity index (χ1) is 14.5. The number of benzene rings is 1. The molecule has 7 heteroatoms. The van der Waals surface area contributed by atoms with Crippen molar-refractivity contribution in [1.82, 2.24) is 14.9 Å². The van der Waals surface area contributed by atoms with Crippen LogP contribution in [-0.2, 0) is 0 Å². The Balaban J connectivity index is 1.50. The number of piperidine rings is 1. The van der Waals surface area contributed by atoms with Crippen molar-refractivity contribution in [2.24, 2.45) is 5.92 Å². The Morgan fingerprint density at radius 3 is 2.97 bits per heavy atom. The number of nitrogens with one attached hydrogen (secondary N) is 1. The molecule has 156 valence electrons. The van der Waals surface area contributed by atoms with Gasteiger partial charge in [0.1, 0.15) is 0 Å². The third kappa shape index (κ3) is 4.68. The molecule has 1 aliphatic rings. The van der Waals surface area contributed by atoms with E-state index in [4.69, 9.17) is 0 Å². The molecular weight excluding hydrogens is 396 g/mol. The lowest BCUT2D eigenvalue weighted by molar-refractivity contribution is 0.0688. The van der Waals surface area contributed by atoms with Crippen molar-refractivity contribution < 1.29 is 9.90 Å². The van der Waals surface area contributed by atoms with Crippen molar-refractivity contribution in [2.75, 3.05) is 18.4 Å². The Morgan fingerprint density at radius 2 is 2.17 bits per heavy atom. The fourth-order valence-electron chi connectivity index (χ4n) is 3.68. The highest BCUT2D eigenvalue weighted by Crippen LogP contribution is 2.29. The number of amides is 1. The lowest BCUT2D eigenvalue weighted by Gasteiger charge is -2.30. The van der Waals surface area contributed by atoms with Gasteiger partial charge in [0.2, 0.25) is 5.95 Å². The Kier molecular flexibility index (Phi) is 6.11. The molecule has 1 aromatic carbocycles. The first-order valence-electron chi connectivity index (χ1n) is 10.3. The number of aliphatic hydroxyl groups is 1. The van der Waals surface area contributed by atoms with E-state index < -0.39 is 6.10 Å². The average Bonchev–Trinajstić information content (AvgIpc) is 3.24. The third-order valence-corrected chi connectivity index (χ3v) is 6.39. The van der Waals surface area contributed by atoms with Gasteiger partial charge in [0.25, 0.3) is 5.91 Å². The predicted molar refractivity (Wildman–Crippen MR) is 120 cm³/mol. The van der Waals surface area contributed by atoms with Gasteiger partial charge < -0.3 is 15.3 Å². The molecular formula is C23H26N4O2S. The van der Waals surface area contributed by atoms with Gasteiger partial charge in [0, 0.05) is 25.0 Å². The standard InChI is InChI=1S/C23H26N4O2S/c1-15-5-4-12-27(14-15)22(29)21-9-8-20(30-21)19-10-11-24-23(26-19)25-18-7-3-6-17(13-18)16(2)28/h3,6-11,13,15-16,28H,4-5,12,14H2,1-2H3,(H,24,25,26). The van der Waals surface area contributed by atoms with E-state index in [1.165, 1.54) is 17.8 Å². The summed E-state index contributed by atoms with van der Waals surface area (Å²) in [5.74, 6) is 1.14. The number of carbonyl (C=O) groups excluding carboxylic acids is 1. The molecule has 2 atom stereocenters. The van der Waals surface area contributed by atoms with Crippen LogP contribution in [0.25, 0.3) is 10.6 Å². The maximum Gasteiger partial charge on any atom is 0.263 e. The summed E-state index contributed by atoms with van der Waals surface area (Å²) in [5, 5.41) is 13.0. The maximum absolute atomic E-state index is 12.9. The molecule has 0 saturated carbocycles. The zero-order valence-electron chi connectivity index (χ0n) is 17.2. The summed E-state index contributed by atoms with van der Waals surface area (Å²) in [5.41, 5.74) is 2.41. The summed E-state index contributed by atoms with van der Waals surface area (Å²) in [6, 6.07) is 13.2. The number of thiophene rings is 1. The SMILES string of the molecule is CC1CCCN(C(=O)c2ccc(-c3ccnc(Nc4cccc(C(C)O)c4)n3)s2)C1. The van der Waals surface area contributed by atoms with E-state index >= 15 is 0 Å². The van der Waals surface area contributed by atoms with Crippen LogP contribution in [0.2, 0.25) is 0 Å². The van der Waals surface area contributed by atoms with Crippen LogP contribution in [0.4, 0.5) is 11.6 Å². The topological polar surface area (TPSA) is 78.4 Å². The number of likely N-dealkylation sites (tertiary alicyclic amines) is 1. The number of aromatic nitrogens is 2. The molecule has 3 aromatic rings. The van der Waals surface area contributed by atoms with E-state index in [0.29, 0.717) is 11.9 Å². The fourth-order valence-corrected chi connectivity index (χ4v) is 4.63. The molecule has 0 aliphatic carbocycles. The van der Waals surface area contributed by atoms with Gasteiger partial charge in [-0.05, 0) is 61.6 Å². The first kappa shape index (κ1) is 20.5. The molecule has 1 fully saturated rings. The van der Waals surface area contributed by atoms with E-state index in [0.717, 1.165) is 46.2 Å². The van der Waals surface area contributed by atoms with Crippen LogP contribution in [0.1, 0.15) is 48.0 Å². The van der Waals surface area contributed by atoms with Crippen molar-refractivity contribution in [3.05, 3.63) is 59.1 Å². The van der Waals surface area contributed by atoms with Gasteiger partial charge in [-0.15, -0.1) is 11.3 Å². The Labute approximate surface area is 180 Å². The number of anilines is 2. The highest BCUT2D eigenvalue weighted by atomic mass is 32.1. The quantitative estimate of drug-likeness (QED) is 0.613. The van der Waals surface area contributed by atoms with Gasteiger partial charge in [-0.25, -0.2) is 9.97 Å². The Morgan fingerprint density at radius 1 is 1.30 bits per heavy atom. The van der Waals surface area contributed by atoms with E-state index in [1.807, 2.05) is 47.4 Å². The number of carbonyl (C=O) groups is 1. The monoisotopic (exact) mass is 422 g/mol. The second-order valence-electron chi connectivity index (χ2n) is 7.85. The molecule has 0 radical (unpaired) electrons. The van der Waals surface area contributed by atoms with E-state index in [1.54, 1.807) is 13.1 Å². The summed E-state index contributed by atoms with van der Waals surface area (Å²) >= 11 is 1.47. The van der Waals surface area contributed by atoms with Crippen molar-refractivity contribution in [2.45, 2.75) is 32.8 Å². The molecule has 2 aromatic heterocycles. The van der Waals surface area contributed by atoms with Crippen LogP contribution in [0, 0.1) is 5.92 Å². The average molecular weight is 423 g/mol. The van der Waals surface area contributed by atoms with Crippen molar-refractivity contribution in [3.8, 4) is 10.6 Å². The minimum absolute atomic E-state index is 0.111. The molecule has 0 spiro atoms. The minimum Gasteiger partial charge on any atom is -0.389 e. The van der Waals surface area contributed by atoms with Crippen LogP contribution in [0.5, 0.6) is 0 Å². The largest absolute Gasteiger partial charge is 0.389 e. The van der Waals surface area contributed by atoms with Crippen LogP contribution in [0.3, 0.4) is 0 Å². The Bertz CT molecular complexity index is 1030. The second kappa shape index (κ2) is 8.93. The zero-order valence-corrected chi connectivity index (χ0v) is 18.0. The van der Waals surface area contributed by atoms with Crippen molar-refractivity contribution >= 4 is 28.9 Å². The molecule has 4 rings (SSSR count). The third-order valence-electron chi connectivity index (χ3n) is 5.29. The van der Waals surface area contributed by atoms with Crippen LogP contribution in [0.15, 0.2) is 48.7 Å². The molecule has 1 saturated heterocycles. The summed E-state index contributed by atoms with van der Waals surface area (Å²) in [6.45, 7) is 5.60. The van der Waals surface area contributed by atoms with Gasteiger partial charge in [-0.1, -0.05) is 19.1 Å². The summed E-state index contributed by atoms with van der Waals surface area (Å²) in [6.07, 6.45) is 3.43. The molecule has 1 amide bonds. The van der Waals surface area contributed by atoms with Gasteiger partial charge in [-0.2, -0.15) is 0 Å². The smallest absolute Gasteiger partial charge is 0.263 e. The normalized spacial score (nSPS) is 17.6. The molecule has 0 bridgehead atoms. The molecule has 2 unspecified atom stereocenters. The highest BCUT2D eigenvalue weighted by molar-refractivity contribution is 7.17. The first-order valence-corrected chi connectivity index (χ1v) is 11.1. The minimum atomic E-state index is -0.538.